The minimum atomic E-state index is 0.174. The Kier molecular flexibility index (Phi) is 5.25. The van der Waals surface area contributed by atoms with Crippen LogP contribution in [0.3, 0.4) is 0 Å². The van der Waals surface area contributed by atoms with Gasteiger partial charge in [-0.05, 0) is 25.2 Å². The Bertz CT molecular complexity index is 258. The number of ether oxygens (including phenoxy) is 1. The largest absolute Gasteiger partial charge is 0.377 e. The zero-order valence-electron chi connectivity index (χ0n) is 11.6. The van der Waals surface area contributed by atoms with Gasteiger partial charge in [0.2, 0.25) is 0 Å². The van der Waals surface area contributed by atoms with Crippen LogP contribution in [0.4, 0.5) is 0 Å². The molecule has 3 N–H and O–H groups in total. The molecule has 2 atom stereocenters. The number of hydrogen-bond donors (Lipinski definition) is 2. The number of nitrogens with zero attached hydrogens (tertiary/aromatic N) is 1. The first-order chi connectivity index (χ1) is 7.95. The highest BCUT2D eigenvalue weighted by atomic mass is 16.5. The Balaban J connectivity index is 2.57. The van der Waals surface area contributed by atoms with Crippen LogP contribution in [0.1, 0.15) is 40.5 Å². The molecule has 0 bridgehead atoms. The van der Waals surface area contributed by atoms with Crippen LogP contribution in [0.5, 0.6) is 0 Å². The van der Waals surface area contributed by atoms with Gasteiger partial charge in [-0.2, -0.15) is 0 Å². The Morgan fingerprint density at radius 1 is 1.47 bits per heavy atom. The first kappa shape index (κ1) is 14.3. The molecule has 4 nitrogen and oxygen atoms in total. The second-order valence-corrected chi connectivity index (χ2v) is 5.82. The van der Waals surface area contributed by atoms with Gasteiger partial charge in [-0.3, -0.25) is 4.99 Å². The number of hydrogen-bond acceptors (Lipinski definition) is 2. The smallest absolute Gasteiger partial charge is 0.188 e. The first-order valence-electron chi connectivity index (χ1n) is 6.60. The number of nitrogens with one attached hydrogen (secondary N) is 1. The summed E-state index contributed by atoms with van der Waals surface area (Å²) in [5.41, 5.74) is 5.93. The Morgan fingerprint density at radius 2 is 2.18 bits per heavy atom. The zero-order chi connectivity index (χ0) is 12.9. The minimum Gasteiger partial charge on any atom is -0.377 e. The van der Waals surface area contributed by atoms with Gasteiger partial charge in [0.25, 0.3) is 0 Å². The average Bonchev–Trinajstić information content (AvgIpc) is 2.26. The van der Waals surface area contributed by atoms with Crippen molar-refractivity contribution in [2.45, 2.75) is 46.6 Å². The maximum absolute atomic E-state index is 5.92. The predicted octanol–water partition coefficient (Wildman–Crippen LogP) is 1.75. The normalized spacial score (nSPS) is 26.9. The third kappa shape index (κ3) is 4.54. The maximum atomic E-state index is 5.92. The summed E-state index contributed by atoms with van der Waals surface area (Å²) in [5, 5.41) is 3.03. The van der Waals surface area contributed by atoms with Crippen LogP contribution in [-0.2, 0) is 4.74 Å². The molecule has 17 heavy (non-hydrogen) atoms. The molecule has 1 rings (SSSR count). The molecule has 1 fully saturated rings. The fraction of sp³-hybridized carbons (Fsp3) is 0.923. The molecular formula is C13H27N3O. The fourth-order valence-electron chi connectivity index (χ4n) is 2.44. The SMILES string of the molecule is CCNC(N)=NCC1CCCOC1C(C)(C)C. The van der Waals surface area contributed by atoms with Gasteiger partial charge in [0.05, 0.1) is 6.10 Å². The third-order valence-corrected chi connectivity index (χ3v) is 3.15. The van der Waals surface area contributed by atoms with Crippen molar-refractivity contribution < 1.29 is 4.74 Å². The minimum absolute atomic E-state index is 0.174. The summed E-state index contributed by atoms with van der Waals surface area (Å²) >= 11 is 0. The zero-order valence-corrected chi connectivity index (χ0v) is 11.6. The van der Waals surface area contributed by atoms with E-state index in [-0.39, 0.29) is 11.5 Å². The lowest BCUT2D eigenvalue weighted by Crippen LogP contribution is -2.42. The number of rotatable bonds is 3. The van der Waals surface area contributed by atoms with E-state index in [1.807, 2.05) is 6.92 Å². The highest BCUT2D eigenvalue weighted by molar-refractivity contribution is 5.77. The molecule has 2 unspecified atom stereocenters. The topological polar surface area (TPSA) is 59.6 Å². The van der Waals surface area contributed by atoms with Crippen LogP contribution >= 0.6 is 0 Å². The van der Waals surface area contributed by atoms with Gasteiger partial charge in [0, 0.05) is 25.6 Å². The molecule has 0 aromatic heterocycles. The molecule has 1 heterocycles. The van der Waals surface area contributed by atoms with E-state index < -0.39 is 0 Å². The molecule has 0 radical (unpaired) electrons. The summed E-state index contributed by atoms with van der Waals surface area (Å²) in [7, 11) is 0. The van der Waals surface area contributed by atoms with Crippen molar-refractivity contribution in [3.05, 3.63) is 0 Å². The van der Waals surface area contributed by atoms with Crippen molar-refractivity contribution in [2.24, 2.45) is 22.1 Å². The lowest BCUT2D eigenvalue weighted by Gasteiger charge is -2.39. The van der Waals surface area contributed by atoms with E-state index in [1.54, 1.807) is 0 Å². The summed E-state index contributed by atoms with van der Waals surface area (Å²) in [5.74, 6) is 1.03. The van der Waals surface area contributed by atoms with Crippen molar-refractivity contribution in [3.8, 4) is 0 Å². The molecule has 0 aliphatic carbocycles. The van der Waals surface area contributed by atoms with Gasteiger partial charge < -0.3 is 15.8 Å². The van der Waals surface area contributed by atoms with Gasteiger partial charge in [-0.1, -0.05) is 20.8 Å². The van der Waals surface area contributed by atoms with Crippen LogP contribution in [0, 0.1) is 11.3 Å². The molecule has 100 valence electrons. The summed E-state index contributed by atoms with van der Waals surface area (Å²) in [6.45, 7) is 11.2. The predicted molar refractivity (Wildman–Crippen MR) is 72.1 cm³/mol. The van der Waals surface area contributed by atoms with Crippen molar-refractivity contribution in [1.82, 2.24) is 5.32 Å². The second-order valence-electron chi connectivity index (χ2n) is 5.82. The van der Waals surface area contributed by atoms with Crippen LogP contribution in [0.15, 0.2) is 4.99 Å². The Morgan fingerprint density at radius 3 is 2.76 bits per heavy atom. The van der Waals surface area contributed by atoms with Crippen molar-refractivity contribution in [1.29, 1.82) is 0 Å². The fourth-order valence-corrected chi connectivity index (χ4v) is 2.44. The van der Waals surface area contributed by atoms with Crippen LogP contribution in [0.25, 0.3) is 0 Å². The van der Waals surface area contributed by atoms with E-state index in [0.29, 0.717) is 11.9 Å². The molecule has 1 aliphatic heterocycles. The van der Waals surface area contributed by atoms with Crippen LogP contribution in [-0.4, -0.2) is 31.8 Å². The quantitative estimate of drug-likeness (QED) is 0.584. The number of aliphatic imine (C=N–C) groups is 1. The highest BCUT2D eigenvalue weighted by Gasteiger charge is 2.35. The maximum Gasteiger partial charge on any atom is 0.188 e. The standard InChI is InChI=1S/C13H27N3O/c1-5-15-12(14)16-9-10-7-6-8-17-11(10)13(2,3)4/h10-11H,5-9H2,1-4H3,(H3,14,15,16). The summed E-state index contributed by atoms with van der Waals surface area (Å²) in [4.78, 5) is 4.40. The molecule has 0 amide bonds. The summed E-state index contributed by atoms with van der Waals surface area (Å²) in [6, 6.07) is 0. The Hall–Kier alpha value is -0.770. The van der Waals surface area contributed by atoms with Crippen molar-refractivity contribution in [3.63, 3.8) is 0 Å². The van der Waals surface area contributed by atoms with Gasteiger partial charge in [0.1, 0.15) is 0 Å². The Labute approximate surface area is 105 Å². The second kappa shape index (κ2) is 6.24. The molecule has 1 saturated heterocycles. The van der Waals surface area contributed by atoms with E-state index in [2.05, 4.69) is 31.1 Å². The van der Waals surface area contributed by atoms with Crippen molar-refractivity contribution in [2.75, 3.05) is 19.7 Å². The first-order valence-corrected chi connectivity index (χ1v) is 6.60. The van der Waals surface area contributed by atoms with E-state index >= 15 is 0 Å². The van der Waals surface area contributed by atoms with E-state index in [1.165, 1.54) is 6.42 Å². The highest BCUT2D eigenvalue weighted by Crippen LogP contribution is 2.34. The number of nitrogens with two attached hydrogens (primary N) is 1. The van der Waals surface area contributed by atoms with Gasteiger partial charge in [0.15, 0.2) is 5.96 Å². The summed E-state index contributed by atoms with van der Waals surface area (Å²) < 4.78 is 5.92. The molecule has 0 saturated carbocycles. The number of guanidine groups is 1. The van der Waals surface area contributed by atoms with E-state index in [4.69, 9.17) is 10.5 Å². The van der Waals surface area contributed by atoms with E-state index in [9.17, 15) is 0 Å². The monoisotopic (exact) mass is 241 g/mol. The van der Waals surface area contributed by atoms with E-state index in [0.717, 1.165) is 26.1 Å². The molecule has 0 spiro atoms. The molecule has 0 aromatic rings. The van der Waals surface area contributed by atoms with Gasteiger partial charge in [-0.15, -0.1) is 0 Å². The van der Waals surface area contributed by atoms with Gasteiger partial charge in [-0.25, -0.2) is 0 Å². The molecule has 4 heteroatoms. The van der Waals surface area contributed by atoms with Crippen molar-refractivity contribution >= 4 is 5.96 Å². The lowest BCUT2D eigenvalue weighted by molar-refractivity contribution is -0.0823. The van der Waals surface area contributed by atoms with Crippen LogP contribution < -0.4 is 11.1 Å². The third-order valence-electron chi connectivity index (χ3n) is 3.15. The summed E-state index contributed by atoms with van der Waals surface area (Å²) in [6.07, 6.45) is 2.60. The lowest BCUT2D eigenvalue weighted by atomic mass is 9.78. The molecule has 1 aliphatic rings. The molecule has 0 aromatic carbocycles. The van der Waals surface area contributed by atoms with Gasteiger partial charge >= 0.3 is 0 Å². The van der Waals surface area contributed by atoms with Crippen LogP contribution in [0.2, 0.25) is 0 Å². The average molecular weight is 241 g/mol. The molecular weight excluding hydrogens is 214 g/mol.